The molecule has 2 heterocycles. The second-order valence-corrected chi connectivity index (χ2v) is 2.77. The third kappa shape index (κ3) is 0.664. The molecule has 2 aliphatic rings. The van der Waals surface area contributed by atoms with E-state index < -0.39 is 11.0 Å². The Kier molecular flexibility index (Phi) is 1.16. The summed E-state index contributed by atoms with van der Waals surface area (Å²) in [7, 11) is 0. The van der Waals surface area contributed by atoms with Crippen molar-refractivity contribution in [3.8, 4) is 11.4 Å². The summed E-state index contributed by atoms with van der Waals surface area (Å²) in [5.74, 6) is 0. The Morgan fingerprint density at radius 2 is 1.67 bits per heavy atom. The van der Waals surface area contributed by atoms with E-state index in [9.17, 15) is 9.59 Å². The average Bonchev–Trinajstić information content (AvgIpc) is 2.43. The molecular weight excluding hydrogens is 156 g/mol. The summed E-state index contributed by atoms with van der Waals surface area (Å²) in [6.07, 6.45) is 0. The van der Waals surface area contributed by atoms with Crippen LogP contribution in [0, 0.1) is 13.8 Å². The van der Waals surface area contributed by atoms with Crippen molar-refractivity contribution < 1.29 is 0 Å². The van der Waals surface area contributed by atoms with Crippen LogP contribution in [0.4, 0.5) is 0 Å². The Balaban J connectivity index is 3.00. The smallest absolute Gasteiger partial charge is 0.281 e. The van der Waals surface area contributed by atoms with Crippen LogP contribution in [0.5, 0.6) is 0 Å². The van der Waals surface area contributed by atoms with E-state index in [0.717, 1.165) is 11.3 Å². The maximum Gasteiger partial charge on any atom is 0.320 e. The van der Waals surface area contributed by atoms with Gasteiger partial charge in [-0.3, -0.25) is 9.59 Å². The quantitative estimate of drug-likeness (QED) is 0.503. The normalized spacial score (nSPS) is 11.2. The molecule has 4 heteroatoms. The lowest BCUT2D eigenvalue weighted by Crippen LogP contribution is -2.19. The highest BCUT2D eigenvalue weighted by atomic mass is 16.2. The van der Waals surface area contributed by atoms with Gasteiger partial charge in [-0.1, -0.05) is 0 Å². The zero-order chi connectivity index (χ0) is 8.88. The SMILES string of the molecule is Cc1nc2c(=O)c(=O)nc-2c1C. The molecule has 12 heavy (non-hydrogen) atoms. The first-order chi connectivity index (χ1) is 5.61. The fourth-order valence-corrected chi connectivity index (χ4v) is 1.20. The molecule has 60 valence electrons. The van der Waals surface area contributed by atoms with Crippen LogP contribution < -0.4 is 11.0 Å². The molecule has 0 aliphatic carbocycles. The van der Waals surface area contributed by atoms with Gasteiger partial charge in [-0.2, -0.15) is 0 Å². The third-order valence-corrected chi connectivity index (χ3v) is 2.02. The van der Waals surface area contributed by atoms with Crippen LogP contribution in [0.3, 0.4) is 0 Å². The maximum atomic E-state index is 11.1. The summed E-state index contributed by atoms with van der Waals surface area (Å²) in [6, 6.07) is 0. The molecule has 0 amide bonds. The van der Waals surface area contributed by atoms with Crippen molar-refractivity contribution in [3.05, 3.63) is 31.8 Å². The molecule has 0 aromatic rings. The highest BCUT2D eigenvalue weighted by molar-refractivity contribution is 5.63. The number of fused-ring (bicyclic) bond motifs is 1. The monoisotopic (exact) mass is 162 g/mol. The van der Waals surface area contributed by atoms with Gasteiger partial charge in [0.25, 0.3) is 5.43 Å². The summed E-state index contributed by atoms with van der Waals surface area (Å²) >= 11 is 0. The molecule has 0 unspecified atom stereocenters. The minimum atomic E-state index is -0.699. The number of hydrogen-bond acceptors (Lipinski definition) is 4. The van der Waals surface area contributed by atoms with Crippen LogP contribution in [0.25, 0.3) is 11.4 Å². The van der Waals surface area contributed by atoms with E-state index in [1.54, 1.807) is 13.8 Å². The van der Waals surface area contributed by atoms with Gasteiger partial charge in [0.2, 0.25) is 0 Å². The van der Waals surface area contributed by atoms with Crippen molar-refractivity contribution in [2.45, 2.75) is 13.8 Å². The van der Waals surface area contributed by atoms with E-state index in [4.69, 9.17) is 0 Å². The predicted octanol–water partition coefficient (Wildman–Crippen LogP) is -0.206. The summed E-state index contributed by atoms with van der Waals surface area (Å²) in [5.41, 5.74) is 0.989. The predicted molar refractivity (Wildman–Crippen MR) is 43.0 cm³/mol. The highest BCUT2D eigenvalue weighted by Crippen LogP contribution is 2.20. The fraction of sp³-hybridized carbons (Fsp3) is 0.250. The first-order valence-corrected chi connectivity index (χ1v) is 3.55. The molecule has 0 N–H and O–H groups in total. The summed E-state index contributed by atoms with van der Waals surface area (Å²) in [5, 5.41) is 0. The minimum absolute atomic E-state index is 0.218. The van der Waals surface area contributed by atoms with Crippen LogP contribution in [0.1, 0.15) is 11.3 Å². The van der Waals surface area contributed by atoms with Gasteiger partial charge in [-0.15, -0.1) is 0 Å². The van der Waals surface area contributed by atoms with Crippen LogP contribution in [0.2, 0.25) is 0 Å². The Morgan fingerprint density at radius 3 is 2.25 bits per heavy atom. The highest BCUT2D eigenvalue weighted by Gasteiger charge is 2.21. The number of hydrogen-bond donors (Lipinski definition) is 0. The van der Waals surface area contributed by atoms with Gasteiger partial charge in [-0.25, -0.2) is 9.97 Å². The topological polar surface area (TPSA) is 59.9 Å². The molecule has 0 atom stereocenters. The van der Waals surface area contributed by atoms with Crippen LogP contribution in [-0.4, -0.2) is 9.97 Å². The first-order valence-electron chi connectivity index (χ1n) is 3.55. The van der Waals surface area contributed by atoms with Gasteiger partial charge >= 0.3 is 5.56 Å². The van der Waals surface area contributed by atoms with E-state index in [-0.39, 0.29) is 5.69 Å². The molecule has 0 saturated carbocycles. The zero-order valence-electron chi connectivity index (χ0n) is 6.71. The third-order valence-electron chi connectivity index (χ3n) is 2.02. The van der Waals surface area contributed by atoms with Gasteiger partial charge in [0.1, 0.15) is 11.4 Å². The van der Waals surface area contributed by atoms with Gasteiger partial charge in [-0.05, 0) is 19.4 Å². The van der Waals surface area contributed by atoms with E-state index in [0.29, 0.717) is 5.69 Å². The fourth-order valence-electron chi connectivity index (χ4n) is 1.20. The zero-order valence-corrected chi connectivity index (χ0v) is 6.71. The van der Waals surface area contributed by atoms with Gasteiger partial charge in [0.05, 0.1) is 0 Å². The molecular formula is C8H6N2O2. The van der Waals surface area contributed by atoms with E-state index in [2.05, 4.69) is 9.97 Å². The Hall–Kier alpha value is -1.58. The van der Waals surface area contributed by atoms with Gasteiger partial charge < -0.3 is 0 Å². The lowest BCUT2D eigenvalue weighted by Gasteiger charge is -1.83. The standard InChI is InChI=1S/C8H6N2O2/c1-3-4(2)9-6-5(3)10-8(12)7(6)11/h1-2H3. The van der Waals surface area contributed by atoms with Crippen molar-refractivity contribution >= 4 is 0 Å². The molecule has 0 aromatic heterocycles. The minimum Gasteiger partial charge on any atom is -0.281 e. The second kappa shape index (κ2) is 1.97. The molecule has 2 rings (SSSR count). The number of rotatable bonds is 0. The van der Waals surface area contributed by atoms with Crippen LogP contribution in [0.15, 0.2) is 9.59 Å². The molecule has 0 fully saturated rings. The first kappa shape index (κ1) is 7.09. The number of aromatic nitrogens is 2. The largest absolute Gasteiger partial charge is 0.320 e. The molecule has 0 aromatic carbocycles. The van der Waals surface area contributed by atoms with Gasteiger partial charge in [0, 0.05) is 5.69 Å². The van der Waals surface area contributed by atoms with Crippen molar-refractivity contribution in [1.29, 1.82) is 0 Å². The molecule has 0 radical (unpaired) electrons. The summed E-state index contributed by atoms with van der Waals surface area (Å²) in [4.78, 5) is 29.4. The Morgan fingerprint density at radius 1 is 1.00 bits per heavy atom. The summed E-state index contributed by atoms with van der Waals surface area (Å²) in [6.45, 7) is 3.59. The molecule has 0 saturated heterocycles. The maximum absolute atomic E-state index is 11.1. The van der Waals surface area contributed by atoms with Crippen molar-refractivity contribution in [1.82, 2.24) is 9.97 Å². The van der Waals surface area contributed by atoms with Crippen molar-refractivity contribution in [2.75, 3.05) is 0 Å². The Labute approximate surface area is 67.9 Å². The number of nitrogens with zero attached hydrogens (tertiary/aromatic N) is 2. The van der Waals surface area contributed by atoms with E-state index in [1.165, 1.54) is 0 Å². The van der Waals surface area contributed by atoms with E-state index >= 15 is 0 Å². The van der Waals surface area contributed by atoms with Crippen LogP contribution >= 0.6 is 0 Å². The van der Waals surface area contributed by atoms with Gasteiger partial charge in [0.15, 0.2) is 0 Å². The molecule has 2 aliphatic heterocycles. The Bertz CT molecular complexity index is 494. The van der Waals surface area contributed by atoms with Crippen LogP contribution in [-0.2, 0) is 0 Å². The lowest BCUT2D eigenvalue weighted by molar-refractivity contribution is 1.21. The lowest BCUT2D eigenvalue weighted by atomic mass is 10.2. The molecule has 0 spiro atoms. The summed E-state index contributed by atoms with van der Waals surface area (Å²) < 4.78 is 0. The number of aryl methyl sites for hydroxylation is 1. The molecule has 4 nitrogen and oxygen atoms in total. The van der Waals surface area contributed by atoms with E-state index in [1.807, 2.05) is 0 Å². The van der Waals surface area contributed by atoms with Crippen molar-refractivity contribution in [2.24, 2.45) is 0 Å². The average molecular weight is 162 g/mol. The van der Waals surface area contributed by atoms with Crippen molar-refractivity contribution in [3.63, 3.8) is 0 Å². The molecule has 0 bridgehead atoms. The second-order valence-electron chi connectivity index (χ2n) is 2.77.